The average Bonchev–Trinajstić information content (AvgIpc) is 2.11. The molecule has 7 heteroatoms. The summed E-state index contributed by atoms with van der Waals surface area (Å²) >= 11 is 0. The van der Waals surface area contributed by atoms with Crippen LogP contribution in [0.5, 0.6) is 0 Å². The fourth-order valence-electron chi connectivity index (χ4n) is 1.77. The molecule has 0 aliphatic rings. The fraction of sp³-hybridized carbons (Fsp3) is 0.900. The van der Waals surface area contributed by atoms with E-state index < -0.39 is 21.3 Å². The highest BCUT2D eigenvalue weighted by Gasteiger charge is 2.50. The van der Waals surface area contributed by atoms with Crippen LogP contribution in [0.15, 0.2) is 0 Å². The molecular weight excluding hydrogens is 259 g/mol. The third-order valence-corrected chi connectivity index (χ3v) is 5.77. The van der Waals surface area contributed by atoms with Crippen molar-refractivity contribution < 1.29 is 22.8 Å². The van der Waals surface area contributed by atoms with Gasteiger partial charge in [-0.25, -0.2) is 0 Å². The molecule has 0 amide bonds. The molecule has 0 saturated carbocycles. The van der Waals surface area contributed by atoms with Gasteiger partial charge in [-0.15, -0.1) is 0 Å². The fourth-order valence-corrected chi connectivity index (χ4v) is 5.77. The van der Waals surface area contributed by atoms with E-state index in [9.17, 15) is 9.36 Å². The lowest BCUT2D eigenvalue weighted by atomic mass is 10.2. The van der Waals surface area contributed by atoms with Crippen molar-refractivity contribution in [1.82, 2.24) is 0 Å². The van der Waals surface area contributed by atoms with E-state index in [2.05, 4.69) is 0 Å². The molecule has 1 atom stereocenters. The zero-order valence-electron chi connectivity index (χ0n) is 11.7. The van der Waals surface area contributed by atoms with Gasteiger partial charge in [0.15, 0.2) is 13.7 Å². The molecule has 0 aromatic carbocycles. The minimum Gasteiger partial charge on any atom is -0.401 e. The minimum atomic E-state index is -3.46. The van der Waals surface area contributed by atoms with E-state index in [1.165, 1.54) is 21.1 Å². The van der Waals surface area contributed by atoms with Crippen molar-refractivity contribution in [2.75, 3.05) is 14.2 Å². The molecular formula is C10H23O5PSi. The lowest BCUT2D eigenvalue weighted by Gasteiger charge is -2.38. The summed E-state index contributed by atoms with van der Waals surface area (Å²) in [5.41, 5.74) is 0. The molecule has 5 nitrogen and oxygen atoms in total. The molecule has 0 bridgehead atoms. The zero-order chi connectivity index (χ0) is 13.9. The average molecular weight is 282 g/mol. The van der Waals surface area contributed by atoms with Crippen LogP contribution in [0.4, 0.5) is 0 Å². The Bertz CT molecular complexity index is 317. The molecule has 0 fully saturated rings. The Morgan fingerprint density at radius 2 is 1.65 bits per heavy atom. The van der Waals surface area contributed by atoms with Crippen molar-refractivity contribution in [2.24, 2.45) is 0 Å². The second-order valence-electron chi connectivity index (χ2n) is 5.13. The van der Waals surface area contributed by atoms with Gasteiger partial charge in [0.1, 0.15) is 5.78 Å². The van der Waals surface area contributed by atoms with Crippen molar-refractivity contribution in [2.45, 2.75) is 45.3 Å². The van der Waals surface area contributed by atoms with Crippen LogP contribution in [0.25, 0.3) is 0 Å². The number of carbonyl (C=O) groups excluding carboxylic acids is 1. The van der Waals surface area contributed by atoms with E-state index in [4.69, 9.17) is 13.5 Å². The number of hydrogen-bond donors (Lipinski definition) is 0. The van der Waals surface area contributed by atoms with E-state index in [0.29, 0.717) is 0 Å². The Kier molecular flexibility index (Phi) is 5.76. The predicted molar refractivity (Wildman–Crippen MR) is 69.8 cm³/mol. The number of ketones is 1. The third-order valence-electron chi connectivity index (χ3n) is 2.16. The van der Waals surface area contributed by atoms with Crippen LogP contribution in [0.3, 0.4) is 0 Å². The van der Waals surface area contributed by atoms with Crippen LogP contribution in [0, 0.1) is 0 Å². The minimum absolute atomic E-state index is 0.0101. The molecule has 0 aliphatic heterocycles. The molecule has 0 N–H and O–H groups in total. The zero-order valence-corrected chi connectivity index (χ0v) is 13.6. The Balaban J connectivity index is 5.37. The maximum atomic E-state index is 12.5. The van der Waals surface area contributed by atoms with Crippen LogP contribution in [0.1, 0.15) is 20.3 Å². The second-order valence-corrected chi connectivity index (χ2v) is 12.2. The van der Waals surface area contributed by atoms with E-state index in [-0.39, 0.29) is 12.2 Å². The molecule has 17 heavy (non-hydrogen) atoms. The van der Waals surface area contributed by atoms with Gasteiger partial charge in [0.05, 0.1) is 0 Å². The van der Waals surface area contributed by atoms with Gasteiger partial charge in [-0.2, -0.15) is 0 Å². The first kappa shape index (κ1) is 17.0. The summed E-state index contributed by atoms with van der Waals surface area (Å²) < 4.78 is 28.3. The Labute approximate surface area is 104 Å². The number of Topliss-reactive ketones (excluding diaryl/α,β-unsaturated/α-hetero) is 1. The van der Waals surface area contributed by atoms with Crippen molar-refractivity contribution in [3.05, 3.63) is 0 Å². The molecule has 0 aromatic rings. The van der Waals surface area contributed by atoms with Crippen molar-refractivity contribution in [3.8, 4) is 0 Å². The van der Waals surface area contributed by atoms with Gasteiger partial charge in [-0.1, -0.05) is 0 Å². The molecule has 0 saturated heterocycles. The van der Waals surface area contributed by atoms with Crippen LogP contribution >= 0.6 is 7.60 Å². The van der Waals surface area contributed by atoms with Gasteiger partial charge in [-0.3, -0.25) is 9.36 Å². The molecule has 102 valence electrons. The predicted octanol–water partition coefficient (Wildman–Crippen LogP) is 3.02. The van der Waals surface area contributed by atoms with Gasteiger partial charge in [0.2, 0.25) is 0 Å². The molecule has 0 radical (unpaired) electrons. The van der Waals surface area contributed by atoms with Crippen molar-refractivity contribution >= 4 is 21.7 Å². The summed E-state index contributed by atoms with van der Waals surface area (Å²) in [6.45, 7) is 8.92. The highest BCUT2D eigenvalue weighted by molar-refractivity contribution is 7.55. The Morgan fingerprint density at radius 1 is 1.24 bits per heavy atom. The summed E-state index contributed by atoms with van der Waals surface area (Å²) in [5, 5.41) is -1.22. The van der Waals surface area contributed by atoms with Crippen LogP contribution < -0.4 is 0 Å². The number of rotatable bonds is 7. The highest BCUT2D eigenvalue weighted by atomic mass is 31.2. The number of carbonyl (C=O) groups is 1. The van der Waals surface area contributed by atoms with Gasteiger partial charge in [0, 0.05) is 20.6 Å². The van der Waals surface area contributed by atoms with E-state index >= 15 is 0 Å². The third kappa shape index (κ3) is 4.64. The first-order valence-corrected chi connectivity index (χ1v) is 10.4. The van der Waals surface area contributed by atoms with Crippen LogP contribution in [-0.4, -0.2) is 33.7 Å². The van der Waals surface area contributed by atoms with Crippen LogP contribution in [0.2, 0.25) is 19.6 Å². The lowest BCUT2D eigenvalue weighted by molar-refractivity contribution is -0.119. The molecule has 0 aliphatic carbocycles. The summed E-state index contributed by atoms with van der Waals surface area (Å²) in [4.78, 5) is 11.3. The smallest absolute Gasteiger partial charge is 0.360 e. The second kappa shape index (κ2) is 5.76. The molecule has 0 spiro atoms. The molecule has 0 aromatic heterocycles. The maximum Gasteiger partial charge on any atom is 0.360 e. The monoisotopic (exact) mass is 282 g/mol. The first-order valence-electron chi connectivity index (χ1n) is 5.41. The van der Waals surface area contributed by atoms with Crippen LogP contribution in [-0.2, 0) is 22.8 Å². The molecule has 0 heterocycles. The van der Waals surface area contributed by atoms with E-state index in [1.54, 1.807) is 6.92 Å². The summed E-state index contributed by atoms with van der Waals surface area (Å²) in [6.07, 6.45) is 0.0101. The standard InChI is InChI=1S/C10H23O5PSi/c1-9(11)8-10(2,15-17(5,6)7)16(12,13-3)14-4/h8H2,1-7H3. The molecule has 1 unspecified atom stereocenters. The van der Waals surface area contributed by atoms with Crippen molar-refractivity contribution in [1.29, 1.82) is 0 Å². The highest BCUT2D eigenvalue weighted by Crippen LogP contribution is 2.61. The van der Waals surface area contributed by atoms with E-state index in [0.717, 1.165) is 0 Å². The van der Waals surface area contributed by atoms with Gasteiger partial charge < -0.3 is 13.5 Å². The quantitative estimate of drug-likeness (QED) is 0.530. The number of hydrogen-bond acceptors (Lipinski definition) is 5. The molecule has 0 rings (SSSR count). The van der Waals surface area contributed by atoms with Gasteiger partial charge in [0.25, 0.3) is 0 Å². The summed E-state index contributed by atoms with van der Waals surface area (Å²) in [7, 11) is -2.84. The first-order chi connectivity index (χ1) is 7.49. The van der Waals surface area contributed by atoms with Gasteiger partial charge in [-0.05, 0) is 33.5 Å². The largest absolute Gasteiger partial charge is 0.401 e. The van der Waals surface area contributed by atoms with Gasteiger partial charge >= 0.3 is 7.60 Å². The van der Waals surface area contributed by atoms with Crippen molar-refractivity contribution in [3.63, 3.8) is 0 Å². The Morgan fingerprint density at radius 3 is 1.88 bits per heavy atom. The topological polar surface area (TPSA) is 61.8 Å². The van der Waals surface area contributed by atoms with E-state index in [1.807, 2.05) is 19.6 Å². The maximum absolute atomic E-state index is 12.5. The summed E-state index contributed by atoms with van der Waals surface area (Å²) in [5.74, 6) is -0.111. The lowest BCUT2D eigenvalue weighted by Crippen LogP contribution is -2.42. The normalized spacial score (nSPS) is 16.6. The Hall–Kier alpha value is -0.00312. The summed E-state index contributed by atoms with van der Waals surface area (Å²) in [6, 6.07) is 0. The SMILES string of the molecule is COP(=O)(OC)C(C)(CC(C)=O)O[Si](C)(C)C.